The Bertz CT molecular complexity index is 473. The first-order chi connectivity index (χ1) is 8.31. The van der Waals surface area contributed by atoms with Gasteiger partial charge in [0, 0.05) is 10.6 Å². The standard InChI is InChI=1S/C15H16ClO/c1-2-3-4-6-13-10-17-11-15(13)12-7-5-8-14(16)9-12/h5,7-11H,1-4,6H2. The highest BCUT2D eigenvalue weighted by molar-refractivity contribution is 6.30. The van der Waals surface area contributed by atoms with Crippen molar-refractivity contribution in [3.63, 3.8) is 0 Å². The van der Waals surface area contributed by atoms with E-state index in [1.807, 2.05) is 24.5 Å². The molecule has 1 aromatic heterocycles. The molecule has 0 fully saturated rings. The Kier molecular flexibility index (Phi) is 4.27. The van der Waals surface area contributed by atoms with Gasteiger partial charge in [0.1, 0.15) is 0 Å². The smallest absolute Gasteiger partial charge is 0.0983 e. The van der Waals surface area contributed by atoms with E-state index in [1.165, 1.54) is 5.56 Å². The van der Waals surface area contributed by atoms with Crippen LogP contribution in [0.15, 0.2) is 41.2 Å². The van der Waals surface area contributed by atoms with Crippen LogP contribution in [0.4, 0.5) is 0 Å². The van der Waals surface area contributed by atoms with Crippen molar-refractivity contribution >= 4 is 11.6 Å². The van der Waals surface area contributed by atoms with Crippen molar-refractivity contribution in [2.75, 3.05) is 0 Å². The Labute approximate surface area is 107 Å². The van der Waals surface area contributed by atoms with E-state index in [0.29, 0.717) is 0 Å². The van der Waals surface area contributed by atoms with Crippen LogP contribution in [0, 0.1) is 6.92 Å². The van der Waals surface area contributed by atoms with Gasteiger partial charge in [-0.05, 0) is 36.1 Å². The summed E-state index contributed by atoms with van der Waals surface area (Å²) in [6.07, 6.45) is 7.96. The van der Waals surface area contributed by atoms with E-state index in [1.54, 1.807) is 6.26 Å². The summed E-state index contributed by atoms with van der Waals surface area (Å²) < 4.78 is 5.31. The fourth-order valence-corrected chi connectivity index (χ4v) is 2.11. The van der Waals surface area contributed by atoms with Crippen LogP contribution in [0.2, 0.25) is 5.02 Å². The van der Waals surface area contributed by atoms with Gasteiger partial charge in [-0.3, -0.25) is 0 Å². The zero-order chi connectivity index (χ0) is 12.1. The van der Waals surface area contributed by atoms with E-state index < -0.39 is 0 Å². The van der Waals surface area contributed by atoms with Crippen LogP contribution in [0.3, 0.4) is 0 Å². The molecule has 0 N–H and O–H groups in total. The quantitative estimate of drug-likeness (QED) is 0.666. The van der Waals surface area contributed by atoms with Crippen molar-refractivity contribution in [3.05, 3.63) is 54.3 Å². The van der Waals surface area contributed by atoms with Gasteiger partial charge < -0.3 is 4.42 Å². The van der Waals surface area contributed by atoms with E-state index in [2.05, 4.69) is 13.0 Å². The van der Waals surface area contributed by atoms with Crippen molar-refractivity contribution in [1.29, 1.82) is 0 Å². The molecule has 17 heavy (non-hydrogen) atoms. The van der Waals surface area contributed by atoms with Gasteiger partial charge in [0.15, 0.2) is 0 Å². The zero-order valence-electron chi connectivity index (χ0n) is 9.79. The molecule has 0 saturated carbocycles. The molecule has 89 valence electrons. The SMILES string of the molecule is [CH2]CCCCc1cocc1-c1cccc(Cl)c1. The van der Waals surface area contributed by atoms with Crippen LogP contribution in [0.1, 0.15) is 24.8 Å². The number of hydrogen-bond acceptors (Lipinski definition) is 1. The van der Waals surface area contributed by atoms with Crippen molar-refractivity contribution in [2.45, 2.75) is 25.7 Å². The molecular formula is C15H16ClO. The van der Waals surface area contributed by atoms with Crippen LogP contribution in [-0.2, 0) is 6.42 Å². The van der Waals surface area contributed by atoms with Crippen molar-refractivity contribution < 1.29 is 4.42 Å². The van der Waals surface area contributed by atoms with Crippen molar-refractivity contribution in [2.24, 2.45) is 0 Å². The summed E-state index contributed by atoms with van der Waals surface area (Å²) in [6.45, 7) is 3.86. The Balaban J connectivity index is 2.18. The Morgan fingerprint density at radius 2 is 2.06 bits per heavy atom. The van der Waals surface area contributed by atoms with Crippen LogP contribution < -0.4 is 0 Å². The molecule has 1 aromatic carbocycles. The zero-order valence-corrected chi connectivity index (χ0v) is 10.5. The molecule has 1 radical (unpaired) electrons. The summed E-state index contributed by atoms with van der Waals surface area (Å²) in [5, 5.41) is 0.757. The molecule has 0 amide bonds. The lowest BCUT2D eigenvalue weighted by atomic mass is 10.0. The monoisotopic (exact) mass is 247 g/mol. The molecular weight excluding hydrogens is 232 g/mol. The van der Waals surface area contributed by atoms with E-state index in [-0.39, 0.29) is 0 Å². The first-order valence-corrected chi connectivity index (χ1v) is 6.29. The normalized spacial score (nSPS) is 10.7. The predicted octanol–water partition coefficient (Wildman–Crippen LogP) is 5.15. The lowest BCUT2D eigenvalue weighted by Crippen LogP contribution is -1.86. The van der Waals surface area contributed by atoms with E-state index in [9.17, 15) is 0 Å². The molecule has 2 heteroatoms. The van der Waals surface area contributed by atoms with E-state index >= 15 is 0 Å². The average molecular weight is 248 g/mol. The Morgan fingerprint density at radius 1 is 1.18 bits per heavy atom. The minimum absolute atomic E-state index is 0.757. The molecule has 0 aliphatic heterocycles. The van der Waals surface area contributed by atoms with Gasteiger partial charge in [0.05, 0.1) is 12.5 Å². The van der Waals surface area contributed by atoms with Gasteiger partial charge in [-0.15, -0.1) is 0 Å². The molecule has 0 unspecified atom stereocenters. The lowest BCUT2D eigenvalue weighted by molar-refractivity contribution is 0.563. The first kappa shape index (κ1) is 12.3. The molecule has 2 aromatic rings. The minimum atomic E-state index is 0.757. The van der Waals surface area contributed by atoms with Crippen LogP contribution in [0.5, 0.6) is 0 Å². The molecule has 0 aliphatic carbocycles. The summed E-state index contributed by atoms with van der Waals surface area (Å²) in [6, 6.07) is 7.87. The molecule has 0 aliphatic rings. The van der Waals surface area contributed by atoms with Gasteiger partial charge in [-0.2, -0.15) is 0 Å². The largest absolute Gasteiger partial charge is 0.472 e. The highest BCUT2D eigenvalue weighted by Crippen LogP contribution is 2.28. The molecule has 0 saturated heterocycles. The van der Waals surface area contributed by atoms with E-state index in [4.69, 9.17) is 16.0 Å². The highest BCUT2D eigenvalue weighted by atomic mass is 35.5. The molecule has 2 rings (SSSR count). The third-order valence-electron chi connectivity index (χ3n) is 2.82. The second-order valence-corrected chi connectivity index (χ2v) is 4.57. The van der Waals surface area contributed by atoms with Gasteiger partial charge in [-0.1, -0.05) is 43.5 Å². The van der Waals surface area contributed by atoms with Gasteiger partial charge >= 0.3 is 0 Å². The molecule has 0 bridgehead atoms. The third-order valence-corrected chi connectivity index (χ3v) is 3.06. The second-order valence-electron chi connectivity index (χ2n) is 4.13. The summed E-state index contributed by atoms with van der Waals surface area (Å²) in [5.41, 5.74) is 3.52. The molecule has 0 atom stereocenters. The van der Waals surface area contributed by atoms with Crippen LogP contribution in [-0.4, -0.2) is 0 Å². The molecule has 1 heterocycles. The van der Waals surface area contributed by atoms with Crippen LogP contribution in [0.25, 0.3) is 11.1 Å². The van der Waals surface area contributed by atoms with Crippen LogP contribution >= 0.6 is 11.6 Å². The Morgan fingerprint density at radius 3 is 2.82 bits per heavy atom. The fraction of sp³-hybridized carbons (Fsp3) is 0.267. The number of aryl methyl sites for hydroxylation is 1. The topological polar surface area (TPSA) is 13.1 Å². The number of rotatable bonds is 5. The van der Waals surface area contributed by atoms with Gasteiger partial charge in [0.2, 0.25) is 0 Å². The summed E-state index contributed by atoms with van der Waals surface area (Å²) in [5.74, 6) is 0. The summed E-state index contributed by atoms with van der Waals surface area (Å²) in [4.78, 5) is 0. The Hall–Kier alpha value is -1.21. The molecule has 0 spiro atoms. The number of benzene rings is 1. The highest BCUT2D eigenvalue weighted by Gasteiger charge is 2.07. The molecule has 1 nitrogen and oxygen atoms in total. The van der Waals surface area contributed by atoms with Crippen molar-refractivity contribution in [1.82, 2.24) is 0 Å². The summed E-state index contributed by atoms with van der Waals surface area (Å²) in [7, 11) is 0. The van der Waals surface area contributed by atoms with E-state index in [0.717, 1.165) is 41.8 Å². The second kappa shape index (κ2) is 5.92. The number of unbranched alkanes of at least 4 members (excludes halogenated alkanes) is 2. The minimum Gasteiger partial charge on any atom is -0.472 e. The number of halogens is 1. The van der Waals surface area contributed by atoms with Crippen molar-refractivity contribution in [3.8, 4) is 11.1 Å². The van der Waals surface area contributed by atoms with Gasteiger partial charge in [-0.25, -0.2) is 0 Å². The number of hydrogen-bond donors (Lipinski definition) is 0. The third kappa shape index (κ3) is 3.13. The predicted molar refractivity (Wildman–Crippen MR) is 72.1 cm³/mol. The number of furan rings is 1. The lowest BCUT2D eigenvalue weighted by Gasteiger charge is -2.03. The fourth-order valence-electron chi connectivity index (χ4n) is 1.92. The maximum absolute atomic E-state index is 6.00. The maximum atomic E-state index is 6.00. The average Bonchev–Trinajstić information content (AvgIpc) is 2.78. The van der Waals surface area contributed by atoms with Gasteiger partial charge in [0.25, 0.3) is 0 Å². The summed E-state index contributed by atoms with van der Waals surface area (Å²) >= 11 is 6.00. The first-order valence-electron chi connectivity index (χ1n) is 5.91. The maximum Gasteiger partial charge on any atom is 0.0983 e.